The molecule has 1 saturated heterocycles. The van der Waals surface area contributed by atoms with Gasteiger partial charge in [-0.1, -0.05) is 97.1 Å². The molecule has 10 nitrogen and oxygen atoms in total. The number of para-hydroxylation sites is 2. The van der Waals surface area contributed by atoms with Crippen LogP contribution in [0.1, 0.15) is 18.1 Å². The van der Waals surface area contributed by atoms with E-state index in [9.17, 15) is 14.5 Å². The number of ether oxygens (including phenoxy) is 3. The van der Waals surface area contributed by atoms with Gasteiger partial charge in [0.15, 0.2) is 6.29 Å². The van der Waals surface area contributed by atoms with Crippen molar-refractivity contribution in [3.05, 3.63) is 132 Å². The van der Waals surface area contributed by atoms with Crippen LogP contribution in [0.2, 0.25) is 0 Å². The van der Waals surface area contributed by atoms with E-state index in [1.54, 1.807) is 60.7 Å². The van der Waals surface area contributed by atoms with E-state index in [-0.39, 0.29) is 31.3 Å². The lowest BCUT2D eigenvalue weighted by Gasteiger charge is -2.44. The standard InChI is InChI=1S/C34H36NO9P/c1-25(36)35-31-33(40-23-27-16-8-3-9-17-27)32(30(41-34(31)37)24-39-22-26-14-6-2-7-15-26)44-45(38,42-28-18-10-4-11-19-28)43-29-20-12-5-13-21-29/h2-21,30-34,37H,22-24H2,1H3,(H,35,36)/t30-,31-,32-,33-,34+/m1/s1. The predicted octanol–water partition coefficient (Wildman–Crippen LogP) is 5.66. The SMILES string of the molecule is CC(=O)N[C@@H]1[C@@H](OCc2ccccc2)[C@H](OP(=O)(Oc2ccccc2)Oc2ccccc2)[C@@H](COCc2ccccc2)O[C@@H]1O. The van der Waals surface area contributed by atoms with E-state index in [1.807, 2.05) is 60.7 Å². The van der Waals surface area contributed by atoms with Crippen LogP contribution in [0.4, 0.5) is 0 Å². The molecule has 1 heterocycles. The van der Waals surface area contributed by atoms with Gasteiger partial charge in [-0.15, -0.1) is 0 Å². The first-order valence-corrected chi connectivity index (χ1v) is 16.0. The maximum Gasteiger partial charge on any atom is 0.588 e. The summed E-state index contributed by atoms with van der Waals surface area (Å²) in [5.41, 5.74) is 1.75. The van der Waals surface area contributed by atoms with Gasteiger partial charge in [0.25, 0.3) is 0 Å². The van der Waals surface area contributed by atoms with Gasteiger partial charge in [-0.05, 0) is 35.4 Å². The number of nitrogens with one attached hydrogen (secondary N) is 1. The minimum Gasteiger partial charge on any atom is -0.395 e. The van der Waals surface area contributed by atoms with Crippen molar-refractivity contribution in [2.75, 3.05) is 6.61 Å². The molecule has 0 spiro atoms. The third kappa shape index (κ3) is 9.48. The molecule has 1 amide bonds. The van der Waals surface area contributed by atoms with E-state index in [0.29, 0.717) is 0 Å². The van der Waals surface area contributed by atoms with Crippen molar-refractivity contribution in [3.8, 4) is 11.5 Å². The zero-order valence-corrected chi connectivity index (χ0v) is 25.6. The van der Waals surface area contributed by atoms with Crippen molar-refractivity contribution in [1.29, 1.82) is 0 Å². The van der Waals surface area contributed by atoms with Crippen LogP contribution in [0.25, 0.3) is 0 Å². The molecule has 1 aliphatic heterocycles. The van der Waals surface area contributed by atoms with Crippen LogP contribution in [-0.4, -0.2) is 48.3 Å². The summed E-state index contributed by atoms with van der Waals surface area (Å²) in [6.07, 6.45) is -4.79. The van der Waals surface area contributed by atoms with Crippen molar-refractivity contribution in [1.82, 2.24) is 5.32 Å². The fraction of sp³-hybridized carbons (Fsp3) is 0.265. The van der Waals surface area contributed by atoms with Crippen molar-refractivity contribution < 1.29 is 42.2 Å². The predicted molar refractivity (Wildman–Crippen MR) is 166 cm³/mol. The zero-order valence-electron chi connectivity index (χ0n) is 24.7. The van der Waals surface area contributed by atoms with E-state index < -0.39 is 44.4 Å². The molecule has 0 saturated carbocycles. The van der Waals surface area contributed by atoms with Gasteiger partial charge in [0, 0.05) is 6.92 Å². The normalized spacial score (nSPS) is 21.5. The topological polar surface area (TPSA) is 122 Å². The summed E-state index contributed by atoms with van der Waals surface area (Å²) in [7, 11) is -4.48. The fourth-order valence-electron chi connectivity index (χ4n) is 4.83. The second kappa shape index (κ2) is 15.8. The van der Waals surface area contributed by atoms with Gasteiger partial charge < -0.3 is 33.7 Å². The van der Waals surface area contributed by atoms with Gasteiger partial charge in [0.05, 0.1) is 19.8 Å². The van der Waals surface area contributed by atoms with Gasteiger partial charge >= 0.3 is 7.82 Å². The van der Waals surface area contributed by atoms with Crippen LogP contribution in [-0.2, 0) is 41.3 Å². The van der Waals surface area contributed by atoms with E-state index in [4.69, 9.17) is 27.8 Å². The molecule has 11 heteroatoms. The summed E-state index contributed by atoms with van der Waals surface area (Å²) in [6, 6.07) is 34.8. The minimum absolute atomic E-state index is 0.0781. The molecule has 2 N–H and O–H groups in total. The third-order valence-electron chi connectivity index (χ3n) is 6.89. The Morgan fingerprint density at radius 2 is 1.24 bits per heavy atom. The molecule has 4 aromatic carbocycles. The molecule has 5 rings (SSSR count). The Morgan fingerprint density at radius 1 is 0.756 bits per heavy atom. The molecule has 45 heavy (non-hydrogen) atoms. The number of phosphoric ester groups is 1. The summed E-state index contributed by atoms with van der Waals surface area (Å²) in [6.45, 7) is 1.57. The van der Waals surface area contributed by atoms with Crippen molar-refractivity contribution in [2.45, 2.75) is 50.8 Å². The highest BCUT2D eigenvalue weighted by molar-refractivity contribution is 7.49. The number of benzene rings is 4. The van der Waals surface area contributed by atoms with Crippen molar-refractivity contribution >= 4 is 13.7 Å². The van der Waals surface area contributed by atoms with Crippen LogP contribution in [0, 0.1) is 0 Å². The molecule has 0 radical (unpaired) electrons. The first-order chi connectivity index (χ1) is 21.9. The van der Waals surface area contributed by atoms with E-state index in [1.165, 1.54) is 6.92 Å². The van der Waals surface area contributed by atoms with E-state index in [0.717, 1.165) is 11.1 Å². The number of aliphatic hydroxyl groups is 1. The smallest absolute Gasteiger partial charge is 0.395 e. The maximum absolute atomic E-state index is 14.5. The van der Waals surface area contributed by atoms with Gasteiger partial charge in [0.1, 0.15) is 35.9 Å². The van der Waals surface area contributed by atoms with Crippen molar-refractivity contribution in [2.24, 2.45) is 0 Å². The number of aliphatic hydroxyl groups excluding tert-OH is 1. The number of amides is 1. The molecule has 4 aromatic rings. The van der Waals surface area contributed by atoms with Gasteiger partial charge in [0.2, 0.25) is 5.91 Å². The second-order valence-electron chi connectivity index (χ2n) is 10.4. The average Bonchev–Trinajstić information content (AvgIpc) is 3.04. The highest BCUT2D eigenvalue weighted by atomic mass is 31.2. The van der Waals surface area contributed by atoms with Gasteiger partial charge in [-0.25, -0.2) is 4.57 Å². The van der Waals surface area contributed by atoms with Crippen molar-refractivity contribution in [3.63, 3.8) is 0 Å². The van der Waals surface area contributed by atoms with E-state index >= 15 is 0 Å². The molecular weight excluding hydrogens is 597 g/mol. The first kappa shape index (κ1) is 32.4. The quantitative estimate of drug-likeness (QED) is 0.169. The highest BCUT2D eigenvalue weighted by Gasteiger charge is 2.51. The Labute approximate surface area is 262 Å². The monoisotopic (exact) mass is 633 g/mol. The largest absolute Gasteiger partial charge is 0.588 e. The molecule has 1 fully saturated rings. The molecule has 5 atom stereocenters. The maximum atomic E-state index is 14.5. The average molecular weight is 634 g/mol. The van der Waals surface area contributed by atoms with Crippen LogP contribution >= 0.6 is 7.82 Å². The van der Waals surface area contributed by atoms with Gasteiger partial charge in [-0.3, -0.25) is 9.32 Å². The molecule has 0 aliphatic carbocycles. The Morgan fingerprint density at radius 3 is 1.76 bits per heavy atom. The number of phosphoric acid groups is 1. The minimum atomic E-state index is -4.48. The second-order valence-corrected chi connectivity index (χ2v) is 11.8. The lowest BCUT2D eigenvalue weighted by atomic mass is 9.96. The highest BCUT2D eigenvalue weighted by Crippen LogP contribution is 2.52. The molecule has 0 aromatic heterocycles. The molecule has 0 unspecified atom stereocenters. The Balaban J connectivity index is 1.48. The number of carbonyl (C=O) groups is 1. The lowest BCUT2D eigenvalue weighted by molar-refractivity contribution is -0.263. The Hall–Kier alpha value is -4.02. The van der Waals surface area contributed by atoms with Crippen LogP contribution in [0.3, 0.4) is 0 Å². The number of rotatable bonds is 14. The summed E-state index contributed by atoms with van der Waals surface area (Å²) in [4.78, 5) is 12.3. The summed E-state index contributed by atoms with van der Waals surface area (Å²) in [5, 5.41) is 13.8. The first-order valence-electron chi connectivity index (χ1n) is 14.5. The Bertz CT molecular complexity index is 1470. The molecule has 1 aliphatic rings. The van der Waals surface area contributed by atoms with Crippen LogP contribution in [0.15, 0.2) is 121 Å². The van der Waals surface area contributed by atoms with E-state index in [2.05, 4.69) is 5.32 Å². The number of hydrogen-bond donors (Lipinski definition) is 2. The fourth-order valence-corrected chi connectivity index (χ4v) is 6.27. The van der Waals surface area contributed by atoms with Gasteiger partial charge in [-0.2, -0.15) is 0 Å². The summed E-state index contributed by atoms with van der Waals surface area (Å²) < 4.78 is 50.9. The van der Waals surface area contributed by atoms with Crippen LogP contribution in [0.5, 0.6) is 11.5 Å². The van der Waals surface area contributed by atoms with Crippen LogP contribution < -0.4 is 14.4 Å². The number of hydrogen-bond acceptors (Lipinski definition) is 9. The third-order valence-corrected chi connectivity index (χ3v) is 8.26. The molecular formula is C34H36NO9P. The Kier molecular flexibility index (Phi) is 11.4. The lowest BCUT2D eigenvalue weighted by Crippen LogP contribution is -2.65. The summed E-state index contributed by atoms with van der Waals surface area (Å²) in [5.74, 6) is 0.0499. The zero-order chi connectivity index (χ0) is 31.5. The number of carbonyl (C=O) groups excluding carboxylic acids is 1. The summed E-state index contributed by atoms with van der Waals surface area (Å²) >= 11 is 0. The molecule has 0 bridgehead atoms. The molecule has 236 valence electrons.